The minimum atomic E-state index is -3.23. The van der Waals surface area contributed by atoms with Crippen LogP contribution in [0.1, 0.15) is 36.7 Å². The number of sulfone groups is 1. The average molecular weight is 242 g/mol. The Kier molecular flexibility index (Phi) is 5.38. The van der Waals surface area contributed by atoms with Gasteiger partial charge in [0, 0.05) is 11.8 Å². The number of carbonyl (C=O) groups excluding carboxylic acids is 1. The Bertz CT molecular complexity index is 473. The molecule has 0 aliphatic heterocycles. The van der Waals surface area contributed by atoms with Crippen molar-refractivity contribution in [1.82, 2.24) is 0 Å². The van der Waals surface area contributed by atoms with Crippen molar-refractivity contribution in [2.24, 2.45) is 0 Å². The van der Waals surface area contributed by atoms with Crippen LogP contribution in [0.3, 0.4) is 0 Å². The summed E-state index contributed by atoms with van der Waals surface area (Å²) in [5, 5.41) is 0. The molecule has 3 nitrogen and oxygen atoms in total. The van der Waals surface area contributed by atoms with E-state index in [4.69, 9.17) is 0 Å². The normalized spacial score (nSPS) is 10.3. The van der Waals surface area contributed by atoms with Crippen LogP contribution < -0.4 is 0 Å². The standard InChI is InChI=1S/C10H12O3S.C2H6/c1-7-4-5-9(14(3,12)13)6-10(7)8(2)11;1-2/h4-6H,1-3H3;1-2H3. The zero-order chi connectivity index (χ0) is 12.9. The third kappa shape index (κ3) is 3.77. The molecule has 0 spiro atoms. The Morgan fingerprint density at radius 3 is 2.06 bits per heavy atom. The molecular formula is C12H18O3S. The van der Waals surface area contributed by atoms with E-state index < -0.39 is 9.84 Å². The fourth-order valence-electron chi connectivity index (χ4n) is 1.21. The highest BCUT2D eigenvalue weighted by Crippen LogP contribution is 2.15. The molecular weight excluding hydrogens is 224 g/mol. The number of aryl methyl sites for hydroxylation is 1. The lowest BCUT2D eigenvalue weighted by Crippen LogP contribution is -2.02. The second-order valence-corrected chi connectivity index (χ2v) is 5.32. The van der Waals surface area contributed by atoms with Crippen LogP contribution in [0, 0.1) is 6.92 Å². The maximum atomic E-state index is 11.2. The molecule has 16 heavy (non-hydrogen) atoms. The first-order chi connectivity index (χ1) is 7.32. The fourth-order valence-corrected chi connectivity index (χ4v) is 1.86. The lowest BCUT2D eigenvalue weighted by atomic mass is 10.1. The number of carbonyl (C=O) groups is 1. The molecule has 0 aromatic heterocycles. The van der Waals surface area contributed by atoms with Gasteiger partial charge in [-0.05, 0) is 31.5 Å². The molecule has 0 amide bonds. The van der Waals surface area contributed by atoms with Gasteiger partial charge in [0.05, 0.1) is 4.90 Å². The van der Waals surface area contributed by atoms with Gasteiger partial charge in [-0.2, -0.15) is 0 Å². The smallest absolute Gasteiger partial charge is 0.175 e. The van der Waals surface area contributed by atoms with Gasteiger partial charge in [-0.25, -0.2) is 8.42 Å². The maximum absolute atomic E-state index is 11.2. The summed E-state index contributed by atoms with van der Waals surface area (Å²) in [7, 11) is -3.23. The molecule has 1 rings (SSSR count). The van der Waals surface area contributed by atoms with Crippen molar-refractivity contribution in [3.8, 4) is 0 Å². The first-order valence-electron chi connectivity index (χ1n) is 5.14. The summed E-state index contributed by atoms with van der Waals surface area (Å²) in [6.45, 7) is 7.21. The number of benzene rings is 1. The molecule has 1 aromatic rings. The molecule has 0 N–H and O–H groups in total. The first kappa shape index (κ1) is 14.8. The van der Waals surface area contributed by atoms with E-state index >= 15 is 0 Å². The van der Waals surface area contributed by atoms with Crippen LogP contribution >= 0.6 is 0 Å². The molecule has 0 fully saturated rings. The zero-order valence-corrected chi connectivity index (χ0v) is 11.2. The van der Waals surface area contributed by atoms with Gasteiger partial charge in [0.15, 0.2) is 15.6 Å². The summed E-state index contributed by atoms with van der Waals surface area (Å²) in [4.78, 5) is 11.3. The largest absolute Gasteiger partial charge is 0.295 e. The Labute approximate surface area is 97.4 Å². The van der Waals surface area contributed by atoms with Crippen molar-refractivity contribution in [1.29, 1.82) is 0 Å². The highest BCUT2D eigenvalue weighted by molar-refractivity contribution is 7.90. The summed E-state index contributed by atoms with van der Waals surface area (Å²) in [5.74, 6) is -0.118. The van der Waals surface area contributed by atoms with E-state index in [-0.39, 0.29) is 10.7 Å². The van der Waals surface area contributed by atoms with Crippen LogP contribution in [0.15, 0.2) is 23.1 Å². The van der Waals surface area contributed by atoms with Crippen LogP contribution in [0.5, 0.6) is 0 Å². The van der Waals surface area contributed by atoms with Crippen molar-refractivity contribution >= 4 is 15.6 Å². The minimum absolute atomic E-state index is 0.118. The maximum Gasteiger partial charge on any atom is 0.175 e. The number of hydrogen-bond acceptors (Lipinski definition) is 3. The van der Waals surface area contributed by atoms with E-state index in [0.29, 0.717) is 5.56 Å². The molecule has 0 atom stereocenters. The highest BCUT2D eigenvalue weighted by Gasteiger charge is 2.11. The van der Waals surface area contributed by atoms with Gasteiger partial charge in [-0.15, -0.1) is 0 Å². The Morgan fingerprint density at radius 1 is 1.19 bits per heavy atom. The van der Waals surface area contributed by atoms with Gasteiger partial charge < -0.3 is 0 Å². The van der Waals surface area contributed by atoms with E-state index in [2.05, 4.69) is 0 Å². The molecule has 0 radical (unpaired) electrons. The van der Waals surface area contributed by atoms with Crippen LogP contribution in [0.4, 0.5) is 0 Å². The summed E-state index contributed by atoms with van der Waals surface area (Å²) in [5.41, 5.74) is 1.26. The van der Waals surface area contributed by atoms with Crippen molar-refractivity contribution < 1.29 is 13.2 Å². The molecule has 4 heteroatoms. The van der Waals surface area contributed by atoms with E-state index in [1.54, 1.807) is 13.0 Å². The quantitative estimate of drug-likeness (QED) is 0.749. The zero-order valence-electron chi connectivity index (χ0n) is 10.4. The Balaban J connectivity index is 0.00000106. The predicted octanol–water partition coefficient (Wildman–Crippen LogP) is 2.63. The van der Waals surface area contributed by atoms with Gasteiger partial charge >= 0.3 is 0 Å². The molecule has 0 saturated carbocycles. The Hall–Kier alpha value is -1.16. The molecule has 0 aliphatic carbocycles. The third-order valence-corrected chi connectivity index (χ3v) is 3.13. The molecule has 0 unspecified atom stereocenters. The Morgan fingerprint density at radius 2 is 1.69 bits per heavy atom. The van der Waals surface area contributed by atoms with Crippen LogP contribution in [-0.4, -0.2) is 20.5 Å². The fraction of sp³-hybridized carbons (Fsp3) is 0.417. The SMILES string of the molecule is CC.CC(=O)c1cc(S(C)(=O)=O)ccc1C. The molecule has 0 bridgehead atoms. The number of rotatable bonds is 2. The molecule has 90 valence electrons. The summed E-state index contributed by atoms with van der Waals surface area (Å²) in [6, 6.07) is 4.58. The van der Waals surface area contributed by atoms with E-state index in [9.17, 15) is 13.2 Å². The number of Topliss-reactive ketones (excluding diaryl/α,β-unsaturated/α-hetero) is 1. The molecule has 0 saturated heterocycles. The number of hydrogen-bond donors (Lipinski definition) is 0. The third-order valence-electron chi connectivity index (χ3n) is 2.02. The average Bonchev–Trinajstić information content (AvgIpc) is 2.19. The predicted molar refractivity (Wildman–Crippen MR) is 65.6 cm³/mol. The number of ketones is 1. The summed E-state index contributed by atoms with van der Waals surface area (Å²) in [6.07, 6.45) is 1.13. The second kappa shape index (κ2) is 5.80. The van der Waals surface area contributed by atoms with Crippen molar-refractivity contribution in [3.05, 3.63) is 29.3 Å². The van der Waals surface area contributed by atoms with Crippen molar-refractivity contribution in [3.63, 3.8) is 0 Å². The van der Waals surface area contributed by atoms with Gasteiger partial charge in [0.1, 0.15) is 0 Å². The molecule has 0 aliphatic rings. The van der Waals surface area contributed by atoms with E-state index in [0.717, 1.165) is 11.8 Å². The van der Waals surface area contributed by atoms with Crippen LogP contribution in [0.2, 0.25) is 0 Å². The first-order valence-corrected chi connectivity index (χ1v) is 7.03. The molecule has 0 heterocycles. The topological polar surface area (TPSA) is 51.2 Å². The molecule has 1 aromatic carbocycles. The van der Waals surface area contributed by atoms with E-state index in [1.807, 2.05) is 13.8 Å². The van der Waals surface area contributed by atoms with Crippen molar-refractivity contribution in [2.75, 3.05) is 6.26 Å². The van der Waals surface area contributed by atoms with Gasteiger partial charge in [-0.1, -0.05) is 19.9 Å². The highest BCUT2D eigenvalue weighted by atomic mass is 32.2. The van der Waals surface area contributed by atoms with Crippen LogP contribution in [0.25, 0.3) is 0 Å². The van der Waals surface area contributed by atoms with Crippen LogP contribution in [-0.2, 0) is 9.84 Å². The lowest BCUT2D eigenvalue weighted by molar-refractivity contribution is 0.101. The van der Waals surface area contributed by atoms with Gasteiger partial charge in [-0.3, -0.25) is 4.79 Å². The second-order valence-electron chi connectivity index (χ2n) is 3.31. The monoisotopic (exact) mass is 242 g/mol. The van der Waals surface area contributed by atoms with Gasteiger partial charge in [0.2, 0.25) is 0 Å². The van der Waals surface area contributed by atoms with Gasteiger partial charge in [0.25, 0.3) is 0 Å². The summed E-state index contributed by atoms with van der Waals surface area (Å²) < 4.78 is 22.4. The van der Waals surface area contributed by atoms with Crippen molar-refractivity contribution in [2.45, 2.75) is 32.6 Å². The van der Waals surface area contributed by atoms with E-state index in [1.165, 1.54) is 19.1 Å². The minimum Gasteiger partial charge on any atom is -0.295 e. The lowest BCUT2D eigenvalue weighted by Gasteiger charge is -2.04. The summed E-state index contributed by atoms with van der Waals surface area (Å²) >= 11 is 0.